The van der Waals surface area contributed by atoms with Gasteiger partial charge in [0.15, 0.2) is 0 Å². The highest BCUT2D eigenvalue weighted by molar-refractivity contribution is 5.53. The first kappa shape index (κ1) is 12.7. The fourth-order valence-corrected chi connectivity index (χ4v) is 2.54. The Labute approximate surface area is 92.8 Å². The predicted octanol–water partition coefficient (Wildman–Crippen LogP) is 1.71. The van der Waals surface area contributed by atoms with E-state index in [1.165, 1.54) is 0 Å². The summed E-state index contributed by atoms with van der Waals surface area (Å²) in [7, 11) is 0. The first-order chi connectivity index (χ1) is 7.19. The molecule has 1 heterocycles. The minimum atomic E-state index is 0.262. The van der Waals surface area contributed by atoms with E-state index in [-0.39, 0.29) is 5.92 Å². The molecule has 1 aliphatic heterocycles. The Kier molecular flexibility index (Phi) is 5.26. The summed E-state index contributed by atoms with van der Waals surface area (Å²) in [5.74, 6) is 0.262. The molecule has 0 aliphatic carbocycles. The van der Waals surface area contributed by atoms with E-state index in [0.717, 1.165) is 38.9 Å². The van der Waals surface area contributed by atoms with E-state index in [1.54, 1.807) is 0 Å². The summed E-state index contributed by atoms with van der Waals surface area (Å²) in [6.07, 6.45) is 3.12. The molecule has 0 aromatic heterocycles. The number of carbonyl (C=O) groups is 1. The smallest absolute Gasteiger partial charge is 0.123 e. The van der Waals surface area contributed by atoms with Crippen LogP contribution >= 0.6 is 0 Å². The molecule has 0 bridgehead atoms. The SMILES string of the molecule is CCOCCN1[C@H](C)CC(C=O)C[C@@H]1C. The van der Waals surface area contributed by atoms with Crippen LogP contribution in [-0.2, 0) is 9.53 Å². The second kappa shape index (κ2) is 6.23. The summed E-state index contributed by atoms with van der Waals surface area (Å²) in [5.41, 5.74) is 0. The number of likely N-dealkylation sites (tertiary alicyclic amines) is 1. The molecule has 0 N–H and O–H groups in total. The van der Waals surface area contributed by atoms with E-state index in [4.69, 9.17) is 4.74 Å². The van der Waals surface area contributed by atoms with Crippen LogP contribution in [0.5, 0.6) is 0 Å². The molecule has 1 aliphatic rings. The Balaban J connectivity index is 2.39. The summed E-state index contributed by atoms with van der Waals surface area (Å²) < 4.78 is 5.37. The molecule has 0 aromatic rings. The summed E-state index contributed by atoms with van der Waals surface area (Å²) in [5, 5.41) is 0. The maximum absolute atomic E-state index is 10.8. The van der Waals surface area contributed by atoms with Gasteiger partial charge in [-0.25, -0.2) is 0 Å². The average Bonchev–Trinajstić information content (AvgIpc) is 2.22. The fourth-order valence-electron chi connectivity index (χ4n) is 2.54. The van der Waals surface area contributed by atoms with Crippen LogP contribution in [0, 0.1) is 5.92 Å². The lowest BCUT2D eigenvalue weighted by Gasteiger charge is -2.41. The molecular formula is C12H23NO2. The minimum absolute atomic E-state index is 0.262. The van der Waals surface area contributed by atoms with Crippen molar-refractivity contribution >= 4 is 6.29 Å². The number of nitrogens with zero attached hydrogens (tertiary/aromatic N) is 1. The van der Waals surface area contributed by atoms with Crippen LogP contribution < -0.4 is 0 Å². The molecule has 0 saturated carbocycles. The van der Waals surface area contributed by atoms with Crippen molar-refractivity contribution in [3.8, 4) is 0 Å². The van der Waals surface area contributed by atoms with Crippen LogP contribution in [0.2, 0.25) is 0 Å². The Bertz CT molecular complexity index is 184. The second-order valence-electron chi connectivity index (χ2n) is 4.50. The van der Waals surface area contributed by atoms with Gasteiger partial charge in [-0.2, -0.15) is 0 Å². The van der Waals surface area contributed by atoms with Gasteiger partial charge in [-0.15, -0.1) is 0 Å². The Morgan fingerprint density at radius 3 is 2.40 bits per heavy atom. The second-order valence-corrected chi connectivity index (χ2v) is 4.50. The third-order valence-corrected chi connectivity index (χ3v) is 3.31. The van der Waals surface area contributed by atoms with Crippen molar-refractivity contribution in [2.45, 2.75) is 45.7 Å². The molecular weight excluding hydrogens is 190 g/mol. The van der Waals surface area contributed by atoms with Gasteiger partial charge in [0.2, 0.25) is 0 Å². The highest BCUT2D eigenvalue weighted by atomic mass is 16.5. The van der Waals surface area contributed by atoms with Gasteiger partial charge in [-0.05, 0) is 33.6 Å². The lowest BCUT2D eigenvalue weighted by Crippen LogP contribution is -2.48. The van der Waals surface area contributed by atoms with Gasteiger partial charge >= 0.3 is 0 Å². The summed E-state index contributed by atoms with van der Waals surface area (Å²) in [6.45, 7) is 9.01. The van der Waals surface area contributed by atoms with Crippen LogP contribution in [0.25, 0.3) is 0 Å². The van der Waals surface area contributed by atoms with Crippen molar-refractivity contribution in [1.29, 1.82) is 0 Å². The number of hydrogen-bond donors (Lipinski definition) is 0. The quantitative estimate of drug-likeness (QED) is 0.514. The Morgan fingerprint density at radius 2 is 1.93 bits per heavy atom. The van der Waals surface area contributed by atoms with E-state index in [2.05, 4.69) is 18.7 Å². The first-order valence-electron chi connectivity index (χ1n) is 5.97. The normalized spacial score (nSPS) is 32.9. The van der Waals surface area contributed by atoms with E-state index < -0.39 is 0 Å². The van der Waals surface area contributed by atoms with E-state index in [0.29, 0.717) is 12.1 Å². The summed E-state index contributed by atoms with van der Waals surface area (Å²) in [6, 6.07) is 1.01. The molecule has 0 amide bonds. The predicted molar refractivity (Wildman–Crippen MR) is 60.9 cm³/mol. The molecule has 1 saturated heterocycles. The minimum Gasteiger partial charge on any atom is -0.380 e. The van der Waals surface area contributed by atoms with E-state index in [9.17, 15) is 4.79 Å². The van der Waals surface area contributed by atoms with Gasteiger partial charge in [0.25, 0.3) is 0 Å². The first-order valence-corrected chi connectivity index (χ1v) is 5.97. The Hall–Kier alpha value is -0.410. The number of aldehydes is 1. The fraction of sp³-hybridized carbons (Fsp3) is 0.917. The van der Waals surface area contributed by atoms with Gasteiger partial charge in [0.05, 0.1) is 6.61 Å². The van der Waals surface area contributed by atoms with Gasteiger partial charge in [-0.1, -0.05) is 0 Å². The average molecular weight is 213 g/mol. The molecule has 1 unspecified atom stereocenters. The number of ether oxygens (including phenoxy) is 1. The molecule has 1 rings (SSSR count). The van der Waals surface area contributed by atoms with Crippen molar-refractivity contribution in [3.63, 3.8) is 0 Å². The van der Waals surface area contributed by atoms with Crippen molar-refractivity contribution in [3.05, 3.63) is 0 Å². The van der Waals surface area contributed by atoms with Gasteiger partial charge in [0, 0.05) is 31.2 Å². The van der Waals surface area contributed by atoms with Crippen molar-refractivity contribution in [1.82, 2.24) is 4.90 Å². The monoisotopic (exact) mass is 213 g/mol. The molecule has 0 spiro atoms. The standard InChI is InChI=1S/C12H23NO2/c1-4-15-6-5-13-10(2)7-12(9-14)8-11(13)3/h9-12H,4-8H2,1-3H3/t10-,11+,12?. The highest BCUT2D eigenvalue weighted by Gasteiger charge is 2.29. The maximum atomic E-state index is 10.8. The Morgan fingerprint density at radius 1 is 1.33 bits per heavy atom. The van der Waals surface area contributed by atoms with Gasteiger partial charge < -0.3 is 9.53 Å². The largest absolute Gasteiger partial charge is 0.380 e. The van der Waals surface area contributed by atoms with Gasteiger partial charge in [-0.3, -0.25) is 4.90 Å². The van der Waals surface area contributed by atoms with E-state index in [1.807, 2.05) is 6.92 Å². The lowest BCUT2D eigenvalue weighted by atomic mass is 9.88. The molecule has 0 aromatic carbocycles. The summed E-state index contributed by atoms with van der Waals surface area (Å²) >= 11 is 0. The number of piperidine rings is 1. The molecule has 88 valence electrons. The van der Waals surface area contributed by atoms with Crippen LogP contribution in [0.1, 0.15) is 33.6 Å². The lowest BCUT2D eigenvalue weighted by molar-refractivity contribution is -0.113. The van der Waals surface area contributed by atoms with Crippen LogP contribution in [-0.4, -0.2) is 43.0 Å². The molecule has 15 heavy (non-hydrogen) atoms. The number of carbonyl (C=O) groups excluding carboxylic acids is 1. The topological polar surface area (TPSA) is 29.5 Å². The zero-order valence-corrected chi connectivity index (χ0v) is 10.1. The summed E-state index contributed by atoms with van der Waals surface area (Å²) in [4.78, 5) is 13.2. The van der Waals surface area contributed by atoms with Crippen LogP contribution in [0.3, 0.4) is 0 Å². The van der Waals surface area contributed by atoms with Crippen molar-refractivity contribution in [2.75, 3.05) is 19.8 Å². The molecule has 3 atom stereocenters. The van der Waals surface area contributed by atoms with E-state index >= 15 is 0 Å². The number of rotatable bonds is 5. The van der Waals surface area contributed by atoms with Crippen molar-refractivity contribution < 1.29 is 9.53 Å². The number of hydrogen-bond acceptors (Lipinski definition) is 3. The van der Waals surface area contributed by atoms with Crippen LogP contribution in [0.4, 0.5) is 0 Å². The maximum Gasteiger partial charge on any atom is 0.123 e. The van der Waals surface area contributed by atoms with Crippen molar-refractivity contribution in [2.24, 2.45) is 5.92 Å². The molecule has 3 nitrogen and oxygen atoms in total. The third kappa shape index (κ3) is 3.58. The molecule has 3 heteroatoms. The zero-order chi connectivity index (χ0) is 11.3. The molecule has 1 fully saturated rings. The van der Waals surface area contributed by atoms with Gasteiger partial charge in [0.1, 0.15) is 6.29 Å². The third-order valence-electron chi connectivity index (χ3n) is 3.31. The zero-order valence-electron chi connectivity index (χ0n) is 10.1. The highest BCUT2D eigenvalue weighted by Crippen LogP contribution is 2.25. The molecule has 0 radical (unpaired) electrons. The van der Waals surface area contributed by atoms with Crippen LogP contribution in [0.15, 0.2) is 0 Å².